The molecule has 2 aromatic heterocycles. The Bertz CT molecular complexity index is 1020. The molecule has 0 aliphatic carbocycles. The zero-order valence-electron chi connectivity index (χ0n) is 16.3. The van der Waals surface area contributed by atoms with Crippen molar-refractivity contribution < 1.29 is 18.7 Å². The highest BCUT2D eigenvalue weighted by Crippen LogP contribution is 2.36. The Balaban J connectivity index is 1.73. The van der Waals surface area contributed by atoms with Gasteiger partial charge in [-0.25, -0.2) is 4.79 Å². The van der Waals surface area contributed by atoms with Crippen LogP contribution in [-0.2, 0) is 17.8 Å². The van der Waals surface area contributed by atoms with E-state index in [1.807, 2.05) is 24.5 Å². The monoisotopic (exact) mass is 384 g/mol. The molecule has 0 saturated carbocycles. The third-order valence-electron chi connectivity index (χ3n) is 4.72. The second-order valence-electron chi connectivity index (χ2n) is 6.47. The van der Waals surface area contributed by atoms with Crippen molar-refractivity contribution in [2.45, 2.75) is 26.3 Å². The number of methoxy groups -OCH3 is 2. The molecule has 0 atom stereocenters. The first-order valence-electron chi connectivity index (χ1n) is 9.10. The van der Waals surface area contributed by atoms with Gasteiger partial charge in [0.05, 0.1) is 26.2 Å². The van der Waals surface area contributed by atoms with Crippen molar-refractivity contribution in [2.75, 3.05) is 20.8 Å². The molecule has 2 heterocycles. The molecular weight excluding hydrogens is 360 g/mol. The zero-order valence-corrected chi connectivity index (χ0v) is 16.3. The first kappa shape index (κ1) is 19.5. The molecule has 1 aromatic carbocycles. The number of nitrogens with zero attached hydrogens (tertiary/aromatic N) is 1. The van der Waals surface area contributed by atoms with Crippen molar-refractivity contribution in [3.63, 3.8) is 0 Å². The molecule has 7 heteroatoms. The maximum absolute atomic E-state index is 12.5. The third kappa shape index (κ3) is 4.03. The van der Waals surface area contributed by atoms with Crippen LogP contribution in [-0.4, -0.2) is 31.2 Å². The van der Waals surface area contributed by atoms with Crippen LogP contribution < -0.4 is 20.4 Å². The summed E-state index contributed by atoms with van der Waals surface area (Å²) in [6.45, 7) is 3.17. The lowest BCUT2D eigenvalue weighted by atomic mass is 10.0. The van der Waals surface area contributed by atoms with Gasteiger partial charge in [0.2, 0.25) is 11.7 Å². The van der Waals surface area contributed by atoms with Crippen LogP contribution in [0.25, 0.3) is 11.0 Å². The summed E-state index contributed by atoms with van der Waals surface area (Å²) in [4.78, 5) is 24.8. The van der Waals surface area contributed by atoms with E-state index >= 15 is 0 Å². The van der Waals surface area contributed by atoms with Crippen molar-refractivity contribution in [1.29, 1.82) is 0 Å². The number of rotatable bonds is 8. The maximum Gasteiger partial charge on any atom is 0.340 e. The SMILES string of the molecule is COc1ccc2c(C)c(CC(=O)NCCCn3cccc3)c(=O)oc2c1OC. The number of hydrogen-bond donors (Lipinski definition) is 1. The van der Waals surface area contributed by atoms with Crippen molar-refractivity contribution in [1.82, 2.24) is 9.88 Å². The molecule has 1 N–H and O–H groups in total. The van der Waals surface area contributed by atoms with Gasteiger partial charge in [0.15, 0.2) is 11.3 Å². The van der Waals surface area contributed by atoms with Crippen molar-refractivity contribution in [3.8, 4) is 11.5 Å². The van der Waals surface area contributed by atoms with Gasteiger partial charge < -0.3 is 23.8 Å². The number of amides is 1. The smallest absolute Gasteiger partial charge is 0.340 e. The summed E-state index contributed by atoms with van der Waals surface area (Å²) in [5.41, 5.74) is 0.830. The summed E-state index contributed by atoms with van der Waals surface area (Å²) < 4.78 is 18.1. The van der Waals surface area contributed by atoms with Crippen LogP contribution in [0.4, 0.5) is 0 Å². The molecule has 0 bridgehead atoms. The molecule has 7 nitrogen and oxygen atoms in total. The summed E-state index contributed by atoms with van der Waals surface area (Å²) >= 11 is 0. The van der Waals surface area contributed by atoms with E-state index in [2.05, 4.69) is 9.88 Å². The Labute approximate surface area is 162 Å². The predicted molar refractivity (Wildman–Crippen MR) is 106 cm³/mol. The van der Waals surface area contributed by atoms with E-state index in [1.54, 1.807) is 19.1 Å². The largest absolute Gasteiger partial charge is 0.493 e. The fraction of sp³-hybridized carbons (Fsp3) is 0.333. The van der Waals surface area contributed by atoms with Gasteiger partial charge in [-0.05, 0) is 43.2 Å². The fourth-order valence-corrected chi connectivity index (χ4v) is 3.20. The number of carbonyl (C=O) groups is 1. The van der Waals surface area contributed by atoms with E-state index < -0.39 is 5.63 Å². The van der Waals surface area contributed by atoms with Crippen molar-refractivity contribution >= 4 is 16.9 Å². The number of nitrogens with one attached hydrogen (secondary N) is 1. The molecule has 3 rings (SSSR count). The molecule has 1 amide bonds. The van der Waals surface area contributed by atoms with Crippen LogP contribution in [0.2, 0.25) is 0 Å². The zero-order chi connectivity index (χ0) is 20.1. The van der Waals surface area contributed by atoms with Crippen molar-refractivity contribution in [3.05, 3.63) is 58.2 Å². The van der Waals surface area contributed by atoms with E-state index in [1.165, 1.54) is 14.2 Å². The van der Waals surface area contributed by atoms with Crippen LogP contribution in [0.5, 0.6) is 11.5 Å². The van der Waals surface area contributed by atoms with E-state index in [9.17, 15) is 9.59 Å². The second kappa shape index (κ2) is 8.65. The number of aryl methyl sites for hydroxylation is 2. The minimum atomic E-state index is -0.543. The standard InChI is InChI=1S/C21H24N2O5/c1-14-15-7-8-17(26-2)20(27-3)19(15)28-21(25)16(14)13-18(24)22-9-6-12-23-10-4-5-11-23/h4-5,7-8,10-11H,6,9,12-13H2,1-3H3,(H,22,24). The van der Waals surface area contributed by atoms with Gasteiger partial charge in [0, 0.05) is 30.9 Å². The summed E-state index contributed by atoms with van der Waals surface area (Å²) in [6, 6.07) is 7.47. The Kier molecular flexibility index (Phi) is 6.03. The maximum atomic E-state index is 12.5. The Morgan fingerprint density at radius 1 is 1.18 bits per heavy atom. The van der Waals surface area contributed by atoms with Gasteiger partial charge in [0.1, 0.15) is 0 Å². The highest BCUT2D eigenvalue weighted by atomic mass is 16.5. The first-order chi connectivity index (χ1) is 13.5. The molecule has 0 fully saturated rings. The summed E-state index contributed by atoms with van der Waals surface area (Å²) in [7, 11) is 3.01. The first-order valence-corrected chi connectivity index (χ1v) is 9.10. The molecule has 0 aliphatic heterocycles. The van der Waals surface area contributed by atoms with Gasteiger partial charge in [-0.15, -0.1) is 0 Å². The van der Waals surface area contributed by atoms with E-state index in [-0.39, 0.29) is 12.3 Å². The molecular formula is C21H24N2O5. The minimum Gasteiger partial charge on any atom is -0.493 e. The topological polar surface area (TPSA) is 82.7 Å². The lowest BCUT2D eigenvalue weighted by Crippen LogP contribution is -2.29. The van der Waals surface area contributed by atoms with Crippen molar-refractivity contribution in [2.24, 2.45) is 0 Å². The number of aromatic nitrogens is 1. The van der Waals surface area contributed by atoms with Gasteiger partial charge in [-0.1, -0.05) is 0 Å². The number of benzene rings is 1. The molecule has 0 unspecified atom stereocenters. The second-order valence-corrected chi connectivity index (χ2v) is 6.47. The minimum absolute atomic E-state index is 0.0258. The van der Waals surface area contributed by atoms with E-state index in [0.717, 1.165) is 13.0 Å². The van der Waals surface area contributed by atoms with Gasteiger partial charge >= 0.3 is 5.63 Å². The Morgan fingerprint density at radius 2 is 1.93 bits per heavy atom. The Morgan fingerprint density at radius 3 is 2.61 bits per heavy atom. The van der Waals surface area contributed by atoms with Gasteiger partial charge in [-0.2, -0.15) is 0 Å². The van der Waals surface area contributed by atoms with Crippen LogP contribution in [0, 0.1) is 6.92 Å². The predicted octanol–water partition coefficient (Wildman–Crippen LogP) is 2.67. The lowest BCUT2D eigenvalue weighted by Gasteiger charge is -2.13. The average molecular weight is 384 g/mol. The lowest BCUT2D eigenvalue weighted by molar-refractivity contribution is -0.120. The number of carbonyl (C=O) groups excluding carboxylic acids is 1. The Hall–Kier alpha value is -3.22. The summed E-state index contributed by atoms with van der Waals surface area (Å²) in [5, 5.41) is 3.57. The van der Waals surface area contributed by atoms with Gasteiger partial charge in [0.25, 0.3) is 0 Å². The molecule has 0 aliphatic rings. The summed E-state index contributed by atoms with van der Waals surface area (Å²) in [6.07, 6.45) is 4.74. The van der Waals surface area contributed by atoms with Crippen LogP contribution in [0.1, 0.15) is 17.5 Å². The highest BCUT2D eigenvalue weighted by Gasteiger charge is 2.19. The van der Waals surface area contributed by atoms with Crippen LogP contribution in [0.15, 0.2) is 45.9 Å². The van der Waals surface area contributed by atoms with Crippen LogP contribution >= 0.6 is 0 Å². The quantitative estimate of drug-likeness (QED) is 0.477. The number of ether oxygens (including phenoxy) is 2. The molecule has 0 spiro atoms. The highest BCUT2D eigenvalue weighted by molar-refractivity contribution is 5.89. The summed E-state index contributed by atoms with van der Waals surface area (Å²) in [5.74, 6) is 0.634. The van der Waals surface area contributed by atoms with Crippen LogP contribution in [0.3, 0.4) is 0 Å². The van der Waals surface area contributed by atoms with Gasteiger partial charge in [-0.3, -0.25) is 4.79 Å². The molecule has 0 radical (unpaired) electrons. The molecule has 148 valence electrons. The molecule has 0 saturated heterocycles. The fourth-order valence-electron chi connectivity index (χ4n) is 3.20. The molecule has 3 aromatic rings. The van der Waals surface area contributed by atoms with E-state index in [0.29, 0.717) is 40.1 Å². The molecule has 28 heavy (non-hydrogen) atoms. The third-order valence-corrected chi connectivity index (χ3v) is 4.72. The number of fused-ring (bicyclic) bond motifs is 1. The van der Waals surface area contributed by atoms with E-state index in [4.69, 9.17) is 13.9 Å². The number of hydrogen-bond acceptors (Lipinski definition) is 5. The normalized spacial score (nSPS) is 10.8. The average Bonchev–Trinajstić information content (AvgIpc) is 3.21.